The van der Waals surface area contributed by atoms with E-state index < -0.39 is 0 Å². The van der Waals surface area contributed by atoms with Crippen molar-refractivity contribution in [1.82, 2.24) is 14.8 Å². The monoisotopic (exact) mass is 342 g/mol. The van der Waals surface area contributed by atoms with E-state index in [1.165, 1.54) is 11.8 Å². The van der Waals surface area contributed by atoms with Crippen molar-refractivity contribution in [2.45, 2.75) is 19.0 Å². The van der Waals surface area contributed by atoms with Crippen LogP contribution in [0, 0.1) is 13.8 Å². The highest BCUT2D eigenvalue weighted by atomic mass is 32.2. The van der Waals surface area contributed by atoms with E-state index in [1.54, 1.807) is 12.3 Å². The zero-order valence-electron chi connectivity index (χ0n) is 13.7. The molecule has 0 fully saturated rings. The summed E-state index contributed by atoms with van der Waals surface area (Å²) in [5.41, 5.74) is 3.07. The molecule has 6 nitrogen and oxygen atoms in total. The van der Waals surface area contributed by atoms with Gasteiger partial charge in [-0.15, -0.1) is 10.2 Å². The predicted octanol–water partition coefficient (Wildman–Crippen LogP) is 3.42. The molecule has 0 saturated carbocycles. The first kappa shape index (κ1) is 16.3. The number of rotatable bonds is 5. The Hall–Kier alpha value is -2.54. The topological polar surface area (TPSA) is 73.0 Å². The third kappa shape index (κ3) is 3.35. The van der Waals surface area contributed by atoms with Gasteiger partial charge in [0.2, 0.25) is 5.91 Å². The Balaban J connectivity index is 1.64. The first-order valence-corrected chi connectivity index (χ1v) is 8.47. The van der Waals surface area contributed by atoms with Gasteiger partial charge >= 0.3 is 0 Å². The Labute approximate surface area is 144 Å². The van der Waals surface area contributed by atoms with Crippen LogP contribution in [0.25, 0.3) is 11.6 Å². The van der Waals surface area contributed by atoms with Crippen molar-refractivity contribution in [3.8, 4) is 11.6 Å². The second kappa shape index (κ2) is 6.92. The smallest absolute Gasteiger partial charge is 0.234 e. The lowest BCUT2D eigenvalue weighted by molar-refractivity contribution is -0.113. The molecule has 0 bridgehead atoms. The van der Waals surface area contributed by atoms with E-state index >= 15 is 0 Å². The molecular weight excluding hydrogens is 324 g/mol. The minimum Gasteiger partial charge on any atom is -0.461 e. The average molecular weight is 342 g/mol. The van der Waals surface area contributed by atoms with Crippen LogP contribution in [0.15, 0.2) is 46.2 Å². The summed E-state index contributed by atoms with van der Waals surface area (Å²) in [6.07, 6.45) is 1.59. The van der Waals surface area contributed by atoms with E-state index in [4.69, 9.17) is 4.42 Å². The average Bonchev–Trinajstić information content (AvgIpc) is 3.19. The molecule has 1 amide bonds. The fraction of sp³-hybridized carbons (Fsp3) is 0.235. The molecule has 124 valence electrons. The lowest BCUT2D eigenvalue weighted by Gasteiger charge is -2.10. The molecular formula is C17H18N4O2S. The highest BCUT2D eigenvalue weighted by Crippen LogP contribution is 2.23. The zero-order chi connectivity index (χ0) is 17.1. The molecule has 0 spiro atoms. The van der Waals surface area contributed by atoms with Crippen molar-refractivity contribution in [2.75, 3.05) is 11.1 Å². The molecule has 1 N–H and O–H groups in total. The van der Waals surface area contributed by atoms with Crippen molar-refractivity contribution < 1.29 is 9.21 Å². The lowest BCUT2D eigenvalue weighted by Crippen LogP contribution is -2.15. The minimum absolute atomic E-state index is 0.0729. The molecule has 24 heavy (non-hydrogen) atoms. The predicted molar refractivity (Wildman–Crippen MR) is 94.0 cm³/mol. The van der Waals surface area contributed by atoms with Crippen molar-refractivity contribution in [2.24, 2.45) is 7.05 Å². The first-order valence-electron chi connectivity index (χ1n) is 7.48. The maximum atomic E-state index is 12.2. The second-order valence-electron chi connectivity index (χ2n) is 5.43. The zero-order valence-corrected chi connectivity index (χ0v) is 14.6. The lowest BCUT2D eigenvalue weighted by atomic mass is 10.1. The Bertz CT molecular complexity index is 856. The summed E-state index contributed by atoms with van der Waals surface area (Å²) in [6, 6.07) is 9.49. The van der Waals surface area contributed by atoms with Gasteiger partial charge in [-0.05, 0) is 43.2 Å². The van der Waals surface area contributed by atoms with Crippen molar-refractivity contribution in [3.63, 3.8) is 0 Å². The molecule has 0 saturated heterocycles. The molecule has 1 aromatic carbocycles. The highest BCUT2D eigenvalue weighted by Gasteiger charge is 2.15. The van der Waals surface area contributed by atoms with Crippen LogP contribution in [0.3, 0.4) is 0 Å². The fourth-order valence-electron chi connectivity index (χ4n) is 2.26. The number of benzene rings is 1. The summed E-state index contributed by atoms with van der Waals surface area (Å²) in [4.78, 5) is 12.2. The van der Waals surface area contributed by atoms with Gasteiger partial charge in [0.25, 0.3) is 0 Å². The number of hydrogen-bond acceptors (Lipinski definition) is 5. The SMILES string of the molecule is Cc1cccc(NC(=O)CSc2nnc(-c3ccco3)n2C)c1C. The van der Waals surface area contributed by atoms with Crippen LogP contribution in [-0.4, -0.2) is 26.4 Å². The number of anilines is 1. The second-order valence-corrected chi connectivity index (χ2v) is 6.37. The number of nitrogens with zero attached hydrogens (tertiary/aromatic N) is 3. The van der Waals surface area contributed by atoms with Gasteiger partial charge in [0.1, 0.15) is 0 Å². The molecule has 0 atom stereocenters. The molecule has 0 aliphatic carbocycles. The Morgan fingerprint density at radius 3 is 2.83 bits per heavy atom. The van der Waals surface area contributed by atoms with Gasteiger partial charge in [-0.1, -0.05) is 23.9 Å². The third-order valence-corrected chi connectivity index (χ3v) is 4.81. The Kier molecular flexibility index (Phi) is 4.71. The molecule has 2 aromatic heterocycles. The van der Waals surface area contributed by atoms with E-state index in [9.17, 15) is 4.79 Å². The molecule has 0 unspecified atom stereocenters. The van der Waals surface area contributed by atoms with Crippen molar-refractivity contribution in [3.05, 3.63) is 47.7 Å². The van der Waals surface area contributed by atoms with Crippen molar-refractivity contribution >= 4 is 23.4 Å². The van der Waals surface area contributed by atoms with Crippen LogP contribution in [0.2, 0.25) is 0 Å². The molecule has 7 heteroatoms. The maximum absolute atomic E-state index is 12.2. The van der Waals surface area contributed by atoms with Crippen LogP contribution in [0.5, 0.6) is 0 Å². The number of aromatic nitrogens is 3. The summed E-state index contributed by atoms with van der Waals surface area (Å²) in [6.45, 7) is 4.02. The number of furan rings is 1. The summed E-state index contributed by atoms with van der Waals surface area (Å²) < 4.78 is 7.14. The van der Waals surface area contributed by atoms with Gasteiger partial charge < -0.3 is 14.3 Å². The number of carbonyl (C=O) groups is 1. The largest absolute Gasteiger partial charge is 0.461 e. The van der Waals surface area contributed by atoms with E-state index in [1.807, 2.05) is 49.7 Å². The Morgan fingerprint density at radius 1 is 1.25 bits per heavy atom. The van der Waals surface area contributed by atoms with Crippen molar-refractivity contribution in [1.29, 1.82) is 0 Å². The van der Waals surface area contributed by atoms with Gasteiger partial charge in [-0.2, -0.15) is 0 Å². The number of nitrogens with one attached hydrogen (secondary N) is 1. The van der Waals surface area contributed by atoms with Crippen LogP contribution in [0.4, 0.5) is 5.69 Å². The quantitative estimate of drug-likeness (QED) is 0.719. The van der Waals surface area contributed by atoms with E-state index in [2.05, 4.69) is 15.5 Å². The van der Waals surface area contributed by atoms with Crippen LogP contribution in [-0.2, 0) is 11.8 Å². The molecule has 0 aliphatic rings. The summed E-state index contributed by atoms with van der Waals surface area (Å²) in [7, 11) is 1.85. The summed E-state index contributed by atoms with van der Waals surface area (Å²) in [5, 5.41) is 11.8. The van der Waals surface area contributed by atoms with Crippen LogP contribution < -0.4 is 5.32 Å². The van der Waals surface area contributed by atoms with Crippen LogP contribution >= 0.6 is 11.8 Å². The number of carbonyl (C=O) groups excluding carboxylic acids is 1. The molecule has 0 aliphatic heterocycles. The van der Waals surface area contributed by atoms with Gasteiger partial charge in [0.05, 0.1) is 12.0 Å². The molecule has 3 aromatic rings. The van der Waals surface area contributed by atoms with Gasteiger partial charge in [0, 0.05) is 12.7 Å². The van der Waals surface area contributed by atoms with E-state index in [0.717, 1.165) is 16.8 Å². The normalized spacial score (nSPS) is 10.8. The summed E-state index contributed by atoms with van der Waals surface area (Å²) in [5.74, 6) is 1.47. The highest BCUT2D eigenvalue weighted by molar-refractivity contribution is 7.99. The van der Waals surface area contributed by atoms with Gasteiger partial charge in [0.15, 0.2) is 16.7 Å². The van der Waals surface area contributed by atoms with Gasteiger partial charge in [-0.25, -0.2) is 0 Å². The first-order chi connectivity index (χ1) is 11.6. The molecule has 3 rings (SSSR count). The molecule has 0 radical (unpaired) electrons. The standard InChI is InChI=1S/C17H18N4O2S/c1-11-6-4-7-13(12(11)2)18-15(22)10-24-17-20-19-16(21(17)3)14-8-5-9-23-14/h4-9H,10H2,1-3H3,(H,18,22). The van der Waals surface area contributed by atoms with Crippen LogP contribution in [0.1, 0.15) is 11.1 Å². The molecule has 2 heterocycles. The number of amides is 1. The number of aryl methyl sites for hydroxylation is 1. The van der Waals surface area contributed by atoms with E-state index in [0.29, 0.717) is 16.7 Å². The number of thioether (sulfide) groups is 1. The van der Waals surface area contributed by atoms with E-state index in [-0.39, 0.29) is 11.7 Å². The van der Waals surface area contributed by atoms with Gasteiger partial charge in [-0.3, -0.25) is 4.79 Å². The fourth-order valence-corrected chi connectivity index (χ4v) is 2.97. The third-order valence-electron chi connectivity index (χ3n) is 3.79. The number of hydrogen-bond donors (Lipinski definition) is 1. The maximum Gasteiger partial charge on any atom is 0.234 e. The Morgan fingerprint density at radius 2 is 2.08 bits per heavy atom. The minimum atomic E-state index is -0.0729. The summed E-state index contributed by atoms with van der Waals surface area (Å²) >= 11 is 1.34.